The number of thiazole rings is 1. The van der Waals surface area contributed by atoms with E-state index in [2.05, 4.69) is 4.98 Å². The van der Waals surface area contributed by atoms with Crippen molar-refractivity contribution in [3.05, 3.63) is 39.3 Å². The van der Waals surface area contributed by atoms with E-state index in [0.717, 1.165) is 15.6 Å². The van der Waals surface area contributed by atoms with Crippen LogP contribution in [-0.4, -0.2) is 17.4 Å². The summed E-state index contributed by atoms with van der Waals surface area (Å²) >= 11 is 1.56. The van der Waals surface area contributed by atoms with Gasteiger partial charge in [0.15, 0.2) is 5.78 Å². The summed E-state index contributed by atoms with van der Waals surface area (Å²) in [6.45, 7) is 6.41. The molecule has 1 aromatic heterocycles. The molecule has 20 heavy (non-hydrogen) atoms. The van der Waals surface area contributed by atoms with Crippen LogP contribution in [0.15, 0.2) is 18.2 Å². The Morgan fingerprint density at radius 3 is 2.70 bits per heavy atom. The second-order valence-corrected chi connectivity index (χ2v) is 5.82. The maximum atomic E-state index is 12.2. The Morgan fingerprint density at radius 2 is 2.15 bits per heavy atom. The van der Waals surface area contributed by atoms with Crippen molar-refractivity contribution in [2.45, 2.75) is 27.2 Å². The van der Waals surface area contributed by atoms with E-state index in [0.29, 0.717) is 30.0 Å². The van der Waals surface area contributed by atoms with Crippen LogP contribution in [0, 0.1) is 13.8 Å². The second kappa shape index (κ2) is 6.05. The van der Waals surface area contributed by atoms with Crippen molar-refractivity contribution in [1.29, 1.82) is 0 Å². The number of aryl methyl sites for hydroxylation is 2. The molecule has 0 aliphatic rings. The molecule has 1 aromatic carbocycles. The third kappa shape index (κ3) is 3.17. The molecule has 5 heteroatoms. The molecule has 0 unspecified atom stereocenters. The predicted molar refractivity (Wildman–Crippen MR) is 81.6 cm³/mol. The Labute approximate surface area is 122 Å². The van der Waals surface area contributed by atoms with E-state index in [1.807, 2.05) is 20.8 Å². The molecule has 2 rings (SSSR count). The summed E-state index contributed by atoms with van der Waals surface area (Å²) in [5.74, 6) is 0.637. The lowest BCUT2D eigenvalue weighted by atomic mass is 10.1. The molecule has 0 bridgehead atoms. The van der Waals surface area contributed by atoms with Crippen LogP contribution in [0.3, 0.4) is 0 Å². The lowest BCUT2D eigenvalue weighted by molar-refractivity contribution is 0.0993. The molecule has 4 nitrogen and oxygen atoms in total. The first kappa shape index (κ1) is 14.5. The number of carbonyl (C=O) groups excluding carboxylic acids is 1. The summed E-state index contributed by atoms with van der Waals surface area (Å²) in [5, 5.41) is 0.845. The lowest BCUT2D eigenvalue weighted by Crippen LogP contribution is -2.05. The van der Waals surface area contributed by atoms with Gasteiger partial charge in [-0.05, 0) is 39.0 Å². The maximum Gasteiger partial charge on any atom is 0.169 e. The first-order valence-electron chi connectivity index (χ1n) is 6.49. The number of hydrogen-bond acceptors (Lipinski definition) is 5. The van der Waals surface area contributed by atoms with Crippen LogP contribution < -0.4 is 10.5 Å². The van der Waals surface area contributed by atoms with E-state index in [9.17, 15) is 4.79 Å². The normalized spacial score (nSPS) is 10.6. The minimum Gasteiger partial charge on any atom is -0.492 e. The highest BCUT2D eigenvalue weighted by atomic mass is 32.1. The molecule has 0 saturated carbocycles. The number of nitrogen functional groups attached to an aromatic ring is 1. The van der Waals surface area contributed by atoms with E-state index in [1.54, 1.807) is 29.5 Å². The SMILES string of the molecule is CCOc1ccc(C(=O)Cc2nc(C)c(C)s2)cc1N. The predicted octanol–water partition coefficient (Wildman–Crippen LogP) is 3.17. The lowest BCUT2D eigenvalue weighted by Gasteiger charge is -2.07. The van der Waals surface area contributed by atoms with E-state index >= 15 is 0 Å². The summed E-state index contributed by atoms with van der Waals surface area (Å²) < 4.78 is 5.36. The van der Waals surface area contributed by atoms with Gasteiger partial charge in [0.05, 0.1) is 24.4 Å². The molecular formula is C15H18N2O2S. The fourth-order valence-electron chi connectivity index (χ4n) is 1.86. The molecule has 0 aliphatic heterocycles. The molecule has 2 N–H and O–H groups in total. The number of ketones is 1. The smallest absolute Gasteiger partial charge is 0.169 e. The van der Waals surface area contributed by atoms with Crippen LogP contribution in [0.1, 0.15) is 32.9 Å². The van der Waals surface area contributed by atoms with Crippen LogP contribution in [-0.2, 0) is 6.42 Å². The second-order valence-electron chi connectivity index (χ2n) is 4.53. The van der Waals surface area contributed by atoms with Gasteiger partial charge in [-0.25, -0.2) is 4.98 Å². The summed E-state index contributed by atoms with van der Waals surface area (Å²) in [5.41, 5.74) is 7.95. The van der Waals surface area contributed by atoms with Crippen molar-refractivity contribution in [1.82, 2.24) is 4.98 Å². The molecule has 0 amide bonds. The summed E-state index contributed by atoms with van der Waals surface area (Å²) in [6, 6.07) is 5.15. The van der Waals surface area contributed by atoms with Crippen LogP contribution >= 0.6 is 11.3 Å². The van der Waals surface area contributed by atoms with E-state index in [-0.39, 0.29) is 5.78 Å². The van der Waals surface area contributed by atoms with Crippen LogP contribution in [0.2, 0.25) is 0 Å². The van der Waals surface area contributed by atoms with Gasteiger partial charge in [-0.15, -0.1) is 11.3 Å². The number of hydrogen-bond donors (Lipinski definition) is 1. The van der Waals surface area contributed by atoms with Gasteiger partial charge < -0.3 is 10.5 Å². The number of carbonyl (C=O) groups is 1. The number of ether oxygens (including phenoxy) is 1. The zero-order valence-electron chi connectivity index (χ0n) is 11.9. The molecule has 0 fully saturated rings. The van der Waals surface area contributed by atoms with Gasteiger partial charge in [-0.2, -0.15) is 0 Å². The molecule has 106 valence electrons. The van der Waals surface area contributed by atoms with Crippen molar-refractivity contribution in [2.75, 3.05) is 12.3 Å². The van der Waals surface area contributed by atoms with Crippen molar-refractivity contribution >= 4 is 22.8 Å². The number of anilines is 1. The summed E-state index contributed by atoms with van der Waals surface area (Å²) in [6.07, 6.45) is 0.312. The highest BCUT2D eigenvalue weighted by molar-refractivity contribution is 7.11. The first-order chi connectivity index (χ1) is 9.51. The van der Waals surface area contributed by atoms with Gasteiger partial charge in [-0.3, -0.25) is 4.79 Å². The van der Waals surface area contributed by atoms with E-state index in [4.69, 9.17) is 10.5 Å². The number of nitrogens with zero attached hydrogens (tertiary/aromatic N) is 1. The highest BCUT2D eigenvalue weighted by Gasteiger charge is 2.13. The van der Waals surface area contributed by atoms with Gasteiger partial charge in [0, 0.05) is 10.4 Å². The van der Waals surface area contributed by atoms with Gasteiger partial charge in [0.1, 0.15) is 10.8 Å². The molecule has 0 aliphatic carbocycles. The van der Waals surface area contributed by atoms with E-state index in [1.165, 1.54) is 0 Å². The van der Waals surface area contributed by atoms with Crippen molar-refractivity contribution < 1.29 is 9.53 Å². The minimum atomic E-state index is 0.0218. The fraction of sp³-hybridized carbons (Fsp3) is 0.333. The summed E-state index contributed by atoms with van der Waals surface area (Å²) in [7, 11) is 0. The highest BCUT2D eigenvalue weighted by Crippen LogP contribution is 2.24. The third-order valence-corrected chi connectivity index (χ3v) is 4.09. The van der Waals surface area contributed by atoms with Crippen molar-refractivity contribution in [3.8, 4) is 5.75 Å². The standard InChI is InChI=1S/C15H18N2O2S/c1-4-19-14-6-5-11(7-12(14)16)13(18)8-15-17-9(2)10(3)20-15/h5-7H,4,8,16H2,1-3H3. The molecule has 2 aromatic rings. The number of aromatic nitrogens is 1. The number of benzene rings is 1. The Balaban J connectivity index is 2.15. The average molecular weight is 290 g/mol. The quantitative estimate of drug-likeness (QED) is 0.678. The Bertz CT molecular complexity index is 615. The zero-order chi connectivity index (χ0) is 14.7. The summed E-state index contributed by atoms with van der Waals surface area (Å²) in [4.78, 5) is 17.8. The third-order valence-electron chi connectivity index (χ3n) is 3.02. The Hall–Kier alpha value is -1.88. The molecule has 0 atom stereocenters. The monoisotopic (exact) mass is 290 g/mol. The van der Waals surface area contributed by atoms with E-state index < -0.39 is 0 Å². The van der Waals surface area contributed by atoms with Gasteiger partial charge in [0.25, 0.3) is 0 Å². The van der Waals surface area contributed by atoms with Crippen LogP contribution in [0.5, 0.6) is 5.75 Å². The minimum absolute atomic E-state index is 0.0218. The van der Waals surface area contributed by atoms with Gasteiger partial charge in [0.2, 0.25) is 0 Å². The topological polar surface area (TPSA) is 65.2 Å². The molecule has 0 saturated heterocycles. The Morgan fingerprint density at radius 1 is 1.40 bits per heavy atom. The largest absolute Gasteiger partial charge is 0.492 e. The molecule has 0 spiro atoms. The van der Waals surface area contributed by atoms with Crippen molar-refractivity contribution in [2.24, 2.45) is 0 Å². The van der Waals surface area contributed by atoms with Gasteiger partial charge in [-0.1, -0.05) is 0 Å². The van der Waals surface area contributed by atoms with Crippen LogP contribution in [0.4, 0.5) is 5.69 Å². The van der Waals surface area contributed by atoms with Crippen LogP contribution in [0.25, 0.3) is 0 Å². The van der Waals surface area contributed by atoms with Gasteiger partial charge >= 0.3 is 0 Å². The first-order valence-corrected chi connectivity index (χ1v) is 7.31. The molecular weight excluding hydrogens is 272 g/mol. The number of nitrogens with two attached hydrogens (primary N) is 1. The zero-order valence-corrected chi connectivity index (χ0v) is 12.7. The molecule has 1 heterocycles. The Kier molecular flexibility index (Phi) is 4.39. The maximum absolute atomic E-state index is 12.2. The number of rotatable bonds is 5. The van der Waals surface area contributed by atoms with Crippen molar-refractivity contribution in [3.63, 3.8) is 0 Å². The number of Topliss-reactive ketones (excluding diaryl/α,β-unsaturated/α-hetero) is 1. The average Bonchev–Trinajstić information content (AvgIpc) is 2.71. The fourth-order valence-corrected chi connectivity index (χ4v) is 2.80. The molecule has 0 radical (unpaired) electrons.